The van der Waals surface area contributed by atoms with Gasteiger partial charge in [0, 0.05) is 6.42 Å². The number of piperidine rings is 1. The van der Waals surface area contributed by atoms with Crippen molar-refractivity contribution in [1.29, 1.82) is 0 Å². The Kier molecular flexibility index (Phi) is 13.7. The molecule has 106 valence electrons. The average Bonchev–Trinajstić information content (AvgIpc) is 2.34. The van der Waals surface area contributed by atoms with Gasteiger partial charge in [-0.15, -0.1) is 0 Å². The topological polar surface area (TPSA) is 3.24 Å². The molecule has 1 aliphatic heterocycles. The van der Waals surface area contributed by atoms with Gasteiger partial charge >= 0.3 is 6.18 Å². The quantitative estimate of drug-likeness (QED) is 0.695. The summed E-state index contributed by atoms with van der Waals surface area (Å²) in [5.74, 6) is 0. The van der Waals surface area contributed by atoms with E-state index in [0.717, 1.165) is 25.9 Å². The van der Waals surface area contributed by atoms with E-state index in [1.165, 1.54) is 6.42 Å². The molecule has 0 N–H and O–H groups in total. The standard InChI is InChI=1S/C9H16F3N.2C2H6/c10-9(11,12)5-4-8-13-6-2-1-3-7-13;2*1-2/h1-8H2;2*1-2H3. The smallest absolute Gasteiger partial charge is 0.303 e. The maximum absolute atomic E-state index is 11.8. The van der Waals surface area contributed by atoms with E-state index in [9.17, 15) is 13.2 Å². The van der Waals surface area contributed by atoms with Crippen molar-refractivity contribution in [1.82, 2.24) is 4.90 Å². The molecule has 0 aromatic heterocycles. The van der Waals surface area contributed by atoms with Crippen molar-refractivity contribution in [3.63, 3.8) is 0 Å². The third kappa shape index (κ3) is 13.7. The fraction of sp³-hybridized carbons (Fsp3) is 1.00. The van der Waals surface area contributed by atoms with Gasteiger partial charge in [-0.2, -0.15) is 13.2 Å². The summed E-state index contributed by atoms with van der Waals surface area (Å²) in [6.45, 7) is 10.6. The van der Waals surface area contributed by atoms with Gasteiger partial charge in [0.25, 0.3) is 0 Å². The van der Waals surface area contributed by atoms with Gasteiger partial charge in [0.05, 0.1) is 0 Å². The van der Waals surface area contributed by atoms with E-state index in [1.807, 2.05) is 27.7 Å². The van der Waals surface area contributed by atoms with Gasteiger partial charge in [0.1, 0.15) is 0 Å². The number of nitrogens with zero attached hydrogens (tertiary/aromatic N) is 1. The number of rotatable bonds is 3. The van der Waals surface area contributed by atoms with Gasteiger partial charge in [-0.05, 0) is 38.9 Å². The Balaban J connectivity index is 0. The van der Waals surface area contributed by atoms with Crippen LogP contribution in [0.25, 0.3) is 0 Å². The van der Waals surface area contributed by atoms with Crippen LogP contribution in [-0.2, 0) is 0 Å². The Morgan fingerprint density at radius 2 is 1.35 bits per heavy atom. The van der Waals surface area contributed by atoms with E-state index in [0.29, 0.717) is 6.54 Å². The normalized spacial score (nSPS) is 16.4. The van der Waals surface area contributed by atoms with Crippen LogP contribution in [0.5, 0.6) is 0 Å². The lowest BCUT2D eigenvalue weighted by atomic mass is 10.1. The largest absolute Gasteiger partial charge is 0.389 e. The fourth-order valence-electron chi connectivity index (χ4n) is 1.69. The van der Waals surface area contributed by atoms with E-state index >= 15 is 0 Å². The van der Waals surface area contributed by atoms with E-state index in [1.54, 1.807) is 0 Å². The van der Waals surface area contributed by atoms with E-state index in [4.69, 9.17) is 0 Å². The minimum Gasteiger partial charge on any atom is -0.303 e. The molecular formula is C13H28F3N. The van der Waals surface area contributed by atoms with Crippen LogP contribution in [0, 0.1) is 0 Å². The maximum Gasteiger partial charge on any atom is 0.389 e. The molecule has 0 aromatic carbocycles. The van der Waals surface area contributed by atoms with Crippen LogP contribution in [0.2, 0.25) is 0 Å². The molecule has 1 heterocycles. The predicted octanol–water partition coefficient (Wildman–Crippen LogP) is 4.87. The van der Waals surface area contributed by atoms with E-state index in [-0.39, 0.29) is 6.42 Å². The van der Waals surface area contributed by atoms with Crippen LogP contribution in [-0.4, -0.2) is 30.7 Å². The van der Waals surface area contributed by atoms with Gasteiger partial charge in [0.2, 0.25) is 0 Å². The molecule has 1 nitrogen and oxygen atoms in total. The summed E-state index contributed by atoms with van der Waals surface area (Å²) < 4.78 is 35.4. The molecule has 1 fully saturated rings. The van der Waals surface area contributed by atoms with Crippen LogP contribution < -0.4 is 0 Å². The van der Waals surface area contributed by atoms with Crippen LogP contribution in [0.3, 0.4) is 0 Å². The zero-order valence-corrected chi connectivity index (χ0v) is 11.7. The molecule has 0 aromatic rings. The molecule has 1 aliphatic rings. The van der Waals surface area contributed by atoms with Gasteiger partial charge < -0.3 is 4.90 Å². The van der Waals surface area contributed by atoms with Crippen molar-refractivity contribution in [3.05, 3.63) is 0 Å². The molecular weight excluding hydrogens is 227 g/mol. The number of likely N-dealkylation sites (tertiary alicyclic amines) is 1. The molecule has 0 atom stereocenters. The first-order valence-electron chi connectivity index (χ1n) is 6.87. The van der Waals surface area contributed by atoms with Gasteiger partial charge in [0.15, 0.2) is 0 Å². The van der Waals surface area contributed by atoms with Crippen molar-refractivity contribution in [2.24, 2.45) is 0 Å². The van der Waals surface area contributed by atoms with Crippen molar-refractivity contribution in [3.8, 4) is 0 Å². The third-order valence-electron chi connectivity index (χ3n) is 2.38. The fourth-order valence-corrected chi connectivity index (χ4v) is 1.69. The molecule has 17 heavy (non-hydrogen) atoms. The highest BCUT2D eigenvalue weighted by atomic mass is 19.4. The summed E-state index contributed by atoms with van der Waals surface area (Å²) in [6, 6.07) is 0. The number of hydrogen-bond acceptors (Lipinski definition) is 1. The number of halogens is 3. The lowest BCUT2D eigenvalue weighted by Gasteiger charge is -2.26. The van der Waals surface area contributed by atoms with E-state index in [2.05, 4.69) is 4.90 Å². The summed E-state index contributed by atoms with van der Waals surface area (Å²) in [7, 11) is 0. The van der Waals surface area contributed by atoms with Crippen molar-refractivity contribution in [2.75, 3.05) is 19.6 Å². The average molecular weight is 255 g/mol. The second kappa shape index (κ2) is 12.2. The van der Waals surface area contributed by atoms with Crippen molar-refractivity contribution < 1.29 is 13.2 Å². The van der Waals surface area contributed by atoms with Gasteiger partial charge in [-0.1, -0.05) is 34.1 Å². The highest BCUT2D eigenvalue weighted by Gasteiger charge is 2.26. The molecule has 0 radical (unpaired) electrons. The molecule has 4 heteroatoms. The SMILES string of the molecule is CC.CC.FC(F)(F)CCCN1CCCCC1. The van der Waals surface area contributed by atoms with Gasteiger partial charge in [-0.25, -0.2) is 0 Å². The molecule has 0 aliphatic carbocycles. The summed E-state index contributed by atoms with van der Waals surface area (Å²) in [6.07, 6.45) is -0.837. The molecule has 0 unspecified atom stereocenters. The molecule has 1 rings (SSSR count). The minimum atomic E-state index is -3.98. The Morgan fingerprint density at radius 1 is 0.882 bits per heavy atom. The molecule has 1 saturated heterocycles. The van der Waals surface area contributed by atoms with Gasteiger partial charge in [-0.3, -0.25) is 0 Å². The molecule has 0 bridgehead atoms. The zero-order chi connectivity index (χ0) is 13.7. The number of hydrogen-bond donors (Lipinski definition) is 0. The maximum atomic E-state index is 11.8. The van der Waals surface area contributed by atoms with Crippen LogP contribution >= 0.6 is 0 Å². The van der Waals surface area contributed by atoms with Crippen LogP contribution in [0.1, 0.15) is 59.8 Å². The first-order valence-corrected chi connectivity index (χ1v) is 6.87. The van der Waals surface area contributed by atoms with Crippen molar-refractivity contribution in [2.45, 2.75) is 66.0 Å². The molecule has 0 amide bonds. The Bertz CT molecular complexity index is 140. The molecule has 0 saturated carbocycles. The number of alkyl halides is 3. The highest BCUT2D eigenvalue weighted by Crippen LogP contribution is 2.21. The monoisotopic (exact) mass is 255 g/mol. The summed E-state index contributed by atoms with van der Waals surface area (Å²) in [5, 5.41) is 0. The van der Waals surface area contributed by atoms with Crippen LogP contribution in [0.15, 0.2) is 0 Å². The summed E-state index contributed by atoms with van der Waals surface area (Å²) in [4.78, 5) is 2.13. The Hall–Kier alpha value is -0.250. The third-order valence-corrected chi connectivity index (χ3v) is 2.38. The van der Waals surface area contributed by atoms with E-state index < -0.39 is 12.6 Å². The van der Waals surface area contributed by atoms with Crippen molar-refractivity contribution >= 4 is 0 Å². The highest BCUT2D eigenvalue weighted by molar-refractivity contribution is 4.65. The second-order valence-electron chi connectivity index (χ2n) is 3.62. The summed E-state index contributed by atoms with van der Waals surface area (Å²) >= 11 is 0. The summed E-state index contributed by atoms with van der Waals surface area (Å²) in [5.41, 5.74) is 0. The first-order chi connectivity index (χ1) is 8.08. The lowest BCUT2D eigenvalue weighted by Crippen LogP contribution is -2.31. The predicted molar refractivity (Wildman–Crippen MR) is 68.3 cm³/mol. The Morgan fingerprint density at radius 3 is 1.76 bits per heavy atom. The second-order valence-corrected chi connectivity index (χ2v) is 3.62. The lowest BCUT2D eigenvalue weighted by molar-refractivity contribution is -0.136. The molecule has 0 spiro atoms. The van der Waals surface area contributed by atoms with Crippen LogP contribution in [0.4, 0.5) is 13.2 Å². The Labute approximate surface area is 104 Å². The zero-order valence-electron chi connectivity index (χ0n) is 11.7. The minimum absolute atomic E-state index is 0.253. The first kappa shape index (κ1) is 19.1.